The Hall–Kier alpha value is -0.720. The van der Waals surface area contributed by atoms with Gasteiger partial charge in [0, 0.05) is 5.92 Å². The first-order valence-electron chi connectivity index (χ1n) is 7.73. The van der Waals surface area contributed by atoms with Crippen LogP contribution >= 0.6 is 0 Å². The molecule has 0 aromatic carbocycles. The van der Waals surface area contributed by atoms with E-state index in [2.05, 4.69) is 53.3 Å². The molecule has 0 saturated heterocycles. The summed E-state index contributed by atoms with van der Waals surface area (Å²) in [7, 11) is 0. The Morgan fingerprint density at radius 1 is 1.32 bits per heavy atom. The summed E-state index contributed by atoms with van der Waals surface area (Å²) >= 11 is 0. The van der Waals surface area contributed by atoms with Crippen molar-refractivity contribution >= 4 is 0 Å². The molecule has 0 N–H and O–H groups in total. The number of hydrogen-bond acceptors (Lipinski definition) is 1. The SMILES string of the molecule is C=CC12CCC(C)(C)C1C1C(OC(C)(C)C)=CC1C2. The second kappa shape index (κ2) is 3.68. The molecule has 0 radical (unpaired) electrons. The zero-order valence-electron chi connectivity index (χ0n) is 13.1. The van der Waals surface area contributed by atoms with E-state index in [1.54, 1.807) is 0 Å². The standard InChI is InChI=1S/C18H28O/c1-7-18-9-8-17(5,6)15(18)14-12(11-18)10-13(14)19-16(2,3)4/h7,10,12,14-15H,1,8-9,11H2,2-6H3. The maximum absolute atomic E-state index is 6.21. The Balaban J connectivity index is 1.90. The zero-order valence-corrected chi connectivity index (χ0v) is 13.1. The topological polar surface area (TPSA) is 9.23 Å². The summed E-state index contributed by atoms with van der Waals surface area (Å²) < 4.78 is 6.21. The summed E-state index contributed by atoms with van der Waals surface area (Å²) in [5.41, 5.74) is 0.728. The first-order valence-corrected chi connectivity index (χ1v) is 7.73. The molecule has 0 spiro atoms. The number of fused-ring (bicyclic) bond motifs is 3. The van der Waals surface area contributed by atoms with Crippen LogP contribution in [0.1, 0.15) is 53.9 Å². The van der Waals surface area contributed by atoms with Gasteiger partial charge in [-0.05, 0) is 68.8 Å². The predicted molar refractivity (Wildman–Crippen MR) is 79.7 cm³/mol. The highest BCUT2D eigenvalue weighted by atomic mass is 16.5. The van der Waals surface area contributed by atoms with Gasteiger partial charge in [-0.25, -0.2) is 0 Å². The van der Waals surface area contributed by atoms with E-state index in [9.17, 15) is 0 Å². The summed E-state index contributed by atoms with van der Waals surface area (Å²) in [4.78, 5) is 0. The lowest BCUT2D eigenvalue weighted by Crippen LogP contribution is -2.37. The molecule has 0 aliphatic heterocycles. The summed E-state index contributed by atoms with van der Waals surface area (Å²) in [6, 6.07) is 0. The van der Waals surface area contributed by atoms with Crippen LogP contribution in [0.3, 0.4) is 0 Å². The van der Waals surface area contributed by atoms with E-state index in [1.165, 1.54) is 25.0 Å². The molecule has 3 aliphatic carbocycles. The van der Waals surface area contributed by atoms with Gasteiger partial charge in [-0.2, -0.15) is 0 Å². The van der Waals surface area contributed by atoms with Gasteiger partial charge in [-0.15, -0.1) is 6.58 Å². The second-order valence-corrected chi connectivity index (χ2v) is 8.58. The molecule has 2 saturated carbocycles. The molecule has 4 atom stereocenters. The Kier molecular flexibility index (Phi) is 2.57. The Morgan fingerprint density at radius 3 is 2.58 bits per heavy atom. The van der Waals surface area contributed by atoms with Crippen LogP contribution in [-0.2, 0) is 4.74 Å². The van der Waals surface area contributed by atoms with Crippen molar-refractivity contribution in [2.75, 3.05) is 0 Å². The normalized spacial score (nSPS) is 43.0. The van der Waals surface area contributed by atoms with Crippen molar-refractivity contribution in [1.82, 2.24) is 0 Å². The molecule has 2 fully saturated rings. The number of allylic oxidation sites excluding steroid dienone is 3. The fourth-order valence-electron chi connectivity index (χ4n) is 5.04. The van der Waals surface area contributed by atoms with Crippen molar-refractivity contribution in [1.29, 1.82) is 0 Å². The minimum absolute atomic E-state index is 0.0705. The molecule has 4 unspecified atom stereocenters. The van der Waals surface area contributed by atoms with E-state index in [0.717, 1.165) is 11.8 Å². The van der Waals surface area contributed by atoms with Gasteiger partial charge in [0.1, 0.15) is 5.60 Å². The van der Waals surface area contributed by atoms with Crippen molar-refractivity contribution in [3.8, 4) is 0 Å². The van der Waals surface area contributed by atoms with E-state index in [0.29, 0.717) is 16.7 Å². The molecular formula is C18H28O. The molecule has 19 heavy (non-hydrogen) atoms. The zero-order chi connectivity index (χ0) is 14.1. The fraction of sp³-hybridized carbons (Fsp3) is 0.778. The van der Waals surface area contributed by atoms with Crippen LogP contribution in [-0.4, -0.2) is 5.60 Å². The van der Waals surface area contributed by atoms with Crippen molar-refractivity contribution in [2.45, 2.75) is 59.5 Å². The molecular weight excluding hydrogens is 232 g/mol. The van der Waals surface area contributed by atoms with Crippen LogP contribution in [0.15, 0.2) is 24.5 Å². The molecule has 0 bridgehead atoms. The van der Waals surface area contributed by atoms with Crippen molar-refractivity contribution in [3.63, 3.8) is 0 Å². The third-order valence-electron chi connectivity index (χ3n) is 5.67. The molecule has 0 heterocycles. The van der Waals surface area contributed by atoms with E-state index >= 15 is 0 Å². The first kappa shape index (κ1) is 13.3. The Labute approximate surface area is 118 Å². The van der Waals surface area contributed by atoms with Gasteiger partial charge < -0.3 is 4.74 Å². The molecule has 3 aliphatic rings. The highest BCUT2D eigenvalue weighted by Gasteiger charge is 2.64. The van der Waals surface area contributed by atoms with Crippen LogP contribution in [0.5, 0.6) is 0 Å². The van der Waals surface area contributed by atoms with Crippen molar-refractivity contribution in [2.24, 2.45) is 28.6 Å². The molecule has 0 aromatic rings. The number of rotatable bonds is 2. The lowest BCUT2D eigenvalue weighted by Gasteiger charge is -2.42. The van der Waals surface area contributed by atoms with Crippen LogP contribution in [0.2, 0.25) is 0 Å². The Bertz CT molecular complexity index is 437. The average molecular weight is 260 g/mol. The van der Waals surface area contributed by atoms with E-state index in [4.69, 9.17) is 4.74 Å². The van der Waals surface area contributed by atoms with Gasteiger partial charge in [0.25, 0.3) is 0 Å². The average Bonchev–Trinajstić information content (AvgIpc) is 2.66. The minimum Gasteiger partial charge on any atom is -0.492 e. The van der Waals surface area contributed by atoms with Crippen molar-refractivity contribution < 1.29 is 4.74 Å². The summed E-state index contributed by atoms with van der Waals surface area (Å²) in [6.45, 7) is 15.5. The third kappa shape index (κ3) is 1.80. The van der Waals surface area contributed by atoms with Crippen LogP contribution in [0.4, 0.5) is 0 Å². The molecule has 3 rings (SSSR count). The lowest BCUT2D eigenvalue weighted by atomic mass is 9.66. The largest absolute Gasteiger partial charge is 0.492 e. The summed E-state index contributed by atoms with van der Waals surface area (Å²) in [5, 5.41) is 0. The third-order valence-corrected chi connectivity index (χ3v) is 5.67. The summed E-state index contributed by atoms with van der Waals surface area (Å²) in [6.07, 6.45) is 8.60. The maximum Gasteiger partial charge on any atom is 0.100 e. The molecule has 0 amide bonds. The first-order chi connectivity index (χ1) is 8.69. The van der Waals surface area contributed by atoms with Gasteiger partial charge in [0.05, 0.1) is 5.76 Å². The van der Waals surface area contributed by atoms with Gasteiger partial charge in [-0.3, -0.25) is 0 Å². The van der Waals surface area contributed by atoms with Gasteiger partial charge in [-0.1, -0.05) is 19.9 Å². The van der Waals surface area contributed by atoms with E-state index < -0.39 is 0 Å². The molecule has 0 aromatic heterocycles. The van der Waals surface area contributed by atoms with Crippen LogP contribution < -0.4 is 0 Å². The van der Waals surface area contributed by atoms with E-state index in [1.807, 2.05) is 0 Å². The smallest absolute Gasteiger partial charge is 0.100 e. The Morgan fingerprint density at radius 2 is 2.00 bits per heavy atom. The monoisotopic (exact) mass is 260 g/mol. The van der Waals surface area contributed by atoms with Crippen molar-refractivity contribution in [3.05, 3.63) is 24.5 Å². The van der Waals surface area contributed by atoms with Gasteiger partial charge >= 0.3 is 0 Å². The summed E-state index contributed by atoms with van der Waals surface area (Å²) in [5.74, 6) is 3.38. The van der Waals surface area contributed by atoms with Crippen LogP contribution in [0.25, 0.3) is 0 Å². The minimum atomic E-state index is -0.0705. The number of hydrogen-bond donors (Lipinski definition) is 0. The molecule has 106 valence electrons. The quantitative estimate of drug-likeness (QED) is 0.639. The second-order valence-electron chi connectivity index (χ2n) is 8.58. The van der Waals surface area contributed by atoms with Gasteiger partial charge in [0.2, 0.25) is 0 Å². The lowest BCUT2D eigenvalue weighted by molar-refractivity contribution is -0.00408. The molecule has 1 heteroatoms. The highest BCUT2D eigenvalue weighted by Crippen LogP contribution is 2.70. The highest BCUT2D eigenvalue weighted by molar-refractivity contribution is 5.31. The predicted octanol–water partition coefficient (Wildman–Crippen LogP) is 4.94. The van der Waals surface area contributed by atoms with Crippen LogP contribution in [0, 0.1) is 28.6 Å². The fourth-order valence-corrected chi connectivity index (χ4v) is 5.04. The maximum atomic E-state index is 6.21. The number of ether oxygens (including phenoxy) is 1. The molecule has 1 nitrogen and oxygen atoms in total. The van der Waals surface area contributed by atoms with Gasteiger partial charge in [0.15, 0.2) is 0 Å². The van der Waals surface area contributed by atoms with E-state index in [-0.39, 0.29) is 5.60 Å².